The minimum atomic E-state index is -1.25. The normalized spacial score (nSPS) is 16.8. The van der Waals surface area contributed by atoms with Gasteiger partial charge in [0, 0.05) is 42.1 Å². The standard InChI is InChI=1S/C28H31BFN7O/c1-27(2,3)16-33-25-17(13-31)14-32-26-22(25)11-20(12-23(26)38-4)34-28(29,18-5-7-19(30)8-6-18)24-15-37(36-35-24)21-9-10-21/h5-8,11-12,14-15,21,34-36H,9-10,16H2,1-4H3,(H,32,33). The van der Waals surface area contributed by atoms with Crippen LogP contribution < -0.4 is 26.3 Å². The maximum Gasteiger partial charge on any atom is 0.147 e. The molecule has 2 aromatic carbocycles. The smallest absolute Gasteiger partial charge is 0.147 e. The van der Waals surface area contributed by atoms with Gasteiger partial charge in [0.05, 0.1) is 29.5 Å². The van der Waals surface area contributed by atoms with E-state index in [0.717, 1.165) is 18.2 Å². The van der Waals surface area contributed by atoms with Gasteiger partial charge in [-0.3, -0.25) is 9.99 Å². The number of hydrazine groups is 2. The quantitative estimate of drug-likeness (QED) is 0.329. The molecule has 8 nitrogen and oxygen atoms in total. The van der Waals surface area contributed by atoms with E-state index in [9.17, 15) is 9.65 Å². The molecule has 1 aromatic heterocycles. The Labute approximate surface area is 223 Å². The van der Waals surface area contributed by atoms with E-state index in [4.69, 9.17) is 12.6 Å². The molecule has 0 saturated heterocycles. The molecular weight excluding hydrogens is 480 g/mol. The number of rotatable bonds is 8. The van der Waals surface area contributed by atoms with Crippen molar-refractivity contribution in [2.75, 3.05) is 24.3 Å². The third kappa shape index (κ3) is 5.07. The number of methoxy groups -OCH3 is 1. The Morgan fingerprint density at radius 3 is 2.61 bits per heavy atom. The highest BCUT2D eigenvalue weighted by Gasteiger charge is 2.38. The molecule has 10 heteroatoms. The van der Waals surface area contributed by atoms with Crippen molar-refractivity contribution in [1.29, 1.82) is 5.26 Å². The molecule has 1 fully saturated rings. The molecule has 0 amide bonds. The van der Waals surface area contributed by atoms with Crippen LogP contribution in [0.4, 0.5) is 15.8 Å². The number of hydrogen-bond donors (Lipinski definition) is 4. The first-order valence-corrected chi connectivity index (χ1v) is 12.6. The summed E-state index contributed by atoms with van der Waals surface area (Å²) in [5.41, 5.74) is 8.80. The second kappa shape index (κ2) is 9.73. The Morgan fingerprint density at radius 1 is 1.24 bits per heavy atom. The van der Waals surface area contributed by atoms with Crippen LogP contribution in [0.5, 0.6) is 5.75 Å². The molecule has 0 bridgehead atoms. The fourth-order valence-corrected chi connectivity index (χ4v) is 4.44. The molecule has 194 valence electrons. The third-order valence-corrected chi connectivity index (χ3v) is 6.67. The number of ether oxygens (including phenoxy) is 1. The highest BCUT2D eigenvalue weighted by molar-refractivity contribution is 6.19. The molecule has 2 aliphatic rings. The lowest BCUT2D eigenvalue weighted by Crippen LogP contribution is -2.45. The van der Waals surface area contributed by atoms with Crippen molar-refractivity contribution < 1.29 is 9.13 Å². The second-order valence-corrected chi connectivity index (χ2v) is 11.0. The predicted octanol–water partition coefficient (Wildman–Crippen LogP) is 4.47. The van der Waals surface area contributed by atoms with Crippen LogP contribution in [-0.2, 0) is 5.44 Å². The van der Waals surface area contributed by atoms with Crippen LogP contribution in [0.15, 0.2) is 54.5 Å². The van der Waals surface area contributed by atoms with Gasteiger partial charge in [-0.05, 0) is 42.0 Å². The van der Waals surface area contributed by atoms with E-state index in [0.29, 0.717) is 52.1 Å². The van der Waals surface area contributed by atoms with E-state index in [1.54, 1.807) is 25.4 Å². The monoisotopic (exact) mass is 511 g/mol. The van der Waals surface area contributed by atoms with Gasteiger partial charge in [-0.1, -0.05) is 32.9 Å². The van der Waals surface area contributed by atoms with Crippen LogP contribution >= 0.6 is 0 Å². The molecule has 5 rings (SSSR count). The number of nitrogens with zero attached hydrogens (tertiary/aromatic N) is 3. The van der Waals surface area contributed by atoms with Gasteiger partial charge in [0.15, 0.2) is 0 Å². The summed E-state index contributed by atoms with van der Waals surface area (Å²) in [6, 6.07) is 12.5. The number of nitrogens with one attached hydrogen (secondary N) is 4. The van der Waals surface area contributed by atoms with Crippen molar-refractivity contribution in [2.24, 2.45) is 5.41 Å². The van der Waals surface area contributed by atoms with Crippen molar-refractivity contribution >= 4 is 30.1 Å². The van der Waals surface area contributed by atoms with Crippen molar-refractivity contribution in [1.82, 2.24) is 21.0 Å². The van der Waals surface area contributed by atoms with E-state index in [1.807, 2.05) is 23.3 Å². The summed E-state index contributed by atoms with van der Waals surface area (Å²) >= 11 is 0. The summed E-state index contributed by atoms with van der Waals surface area (Å²) in [6.45, 7) is 7.01. The average molecular weight is 511 g/mol. The molecule has 2 radical (unpaired) electrons. The van der Waals surface area contributed by atoms with Gasteiger partial charge in [-0.2, -0.15) is 5.26 Å². The number of halogens is 1. The van der Waals surface area contributed by atoms with Crippen molar-refractivity contribution in [3.63, 3.8) is 0 Å². The topological polar surface area (TPSA) is 97.3 Å². The van der Waals surface area contributed by atoms with Crippen LogP contribution in [-0.4, -0.2) is 37.5 Å². The number of hydrogen-bond acceptors (Lipinski definition) is 8. The first-order valence-electron chi connectivity index (χ1n) is 12.6. The van der Waals surface area contributed by atoms with E-state index in [-0.39, 0.29) is 11.2 Å². The molecule has 1 aliphatic heterocycles. The van der Waals surface area contributed by atoms with Gasteiger partial charge in [-0.15, -0.1) is 5.53 Å². The Kier molecular flexibility index (Phi) is 6.57. The Morgan fingerprint density at radius 2 is 1.97 bits per heavy atom. The molecule has 2 heterocycles. The number of nitriles is 1. The largest absolute Gasteiger partial charge is 0.494 e. The maximum absolute atomic E-state index is 13.8. The van der Waals surface area contributed by atoms with Crippen LogP contribution in [0.1, 0.15) is 44.7 Å². The number of pyridine rings is 1. The molecule has 4 N–H and O–H groups in total. The summed E-state index contributed by atoms with van der Waals surface area (Å²) in [5, 5.41) is 19.5. The highest BCUT2D eigenvalue weighted by Crippen LogP contribution is 2.39. The molecule has 1 unspecified atom stereocenters. The highest BCUT2D eigenvalue weighted by atomic mass is 19.1. The first-order chi connectivity index (χ1) is 18.1. The van der Waals surface area contributed by atoms with Gasteiger partial charge in [0.1, 0.15) is 31.0 Å². The van der Waals surface area contributed by atoms with E-state index < -0.39 is 5.44 Å². The van der Waals surface area contributed by atoms with Crippen molar-refractivity contribution in [3.8, 4) is 11.8 Å². The minimum Gasteiger partial charge on any atom is -0.494 e. The fraction of sp³-hybridized carbons (Fsp3) is 0.357. The summed E-state index contributed by atoms with van der Waals surface area (Å²) in [5.74, 6) is 0.181. The Balaban J connectivity index is 1.62. The zero-order valence-electron chi connectivity index (χ0n) is 22.0. The lowest BCUT2D eigenvalue weighted by atomic mass is 9.69. The van der Waals surface area contributed by atoms with Crippen LogP contribution in [0, 0.1) is 22.6 Å². The molecule has 0 spiro atoms. The minimum absolute atomic E-state index is 0.0156. The number of benzene rings is 2. The van der Waals surface area contributed by atoms with Gasteiger partial charge >= 0.3 is 0 Å². The number of aromatic nitrogens is 1. The number of anilines is 2. The van der Waals surface area contributed by atoms with Gasteiger partial charge in [-0.25, -0.2) is 4.39 Å². The van der Waals surface area contributed by atoms with E-state index in [2.05, 4.69) is 53.4 Å². The lowest BCUT2D eigenvalue weighted by Gasteiger charge is -2.34. The summed E-state index contributed by atoms with van der Waals surface area (Å²) in [7, 11) is 8.66. The number of fused-ring (bicyclic) bond motifs is 1. The Hall–Kier alpha value is -3.97. The van der Waals surface area contributed by atoms with E-state index >= 15 is 0 Å². The zero-order chi connectivity index (χ0) is 27.1. The zero-order valence-corrected chi connectivity index (χ0v) is 22.0. The summed E-state index contributed by atoms with van der Waals surface area (Å²) < 4.78 is 19.5. The van der Waals surface area contributed by atoms with Crippen molar-refractivity contribution in [2.45, 2.75) is 45.1 Å². The molecule has 1 saturated carbocycles. The lowest BCUT2D eigenvalue weighted by molar-refractivity contribution is 0.260. The molecule has 38 heavy (non-hydrogen) atoms. The van der Waals surface area contributed by atoms with Gasteiger partial charge in [0.25, 0.3) is 0 Å². The molecule has 1 aliphatic carbocycles. The molecule has 1 atom stereocenters. The molecular formula is C28H31BFN7O. The maximum atomic E-state index is 13.8. The summed E-state index contributed by atoms with van der Waals surface area (Å²) in [6.07, 6.45) is 5.69. The van der Waals surface area contributed by atoms with Crippen LogP contribution in [0.25, 0.3) is 10.9 Å². The SMILES string of the molecule is [B]C(Nc1cc(OC)c2ncc(C#N)c(NCC(C)(C)C)c2c1)(C1=CN(C2CC2)NN1)c1ccc(F)cc1. The van der Waals surface area contributed by atoms with Gasteiger partial charge < -0.3 is 20.8 Å². The first kappa shape index (κ1) is 25.7. The average Bonchev–Trinajstić information content (AvgIpc) is 3.62. The van der Waals surface area contributed by atoms with Gasteiger partial charge in [0.2, 0.25) is 0 Å². The van der Waals surface area contributed by atoms with Crippen LogP contribution in [0.2, 0.25) is 0 Å². The van der Waals surface area contributed by atoms with E-state index in [1.165, 1.54) is 12.1 Å². The fourth-order valence-electron chi connectivity index (χ4n) is 4.44. The van der Waals surface area contributed by atoms with Crippen LogP contribution in [0.3, 0.4) is 0 Å². The van der Waals surface area contributed by atoms with Crippen molar-refractivity contribution in [3.05, 3.63) is 71.4 Å². The second-order valence-electron chi connectivity index (χ2n) is 11.0. The summed E-state index contributed by atoms with van der Waals surface area (Å²) in [4.78, 5) is 4.52. The molecule has 3 aromatic rings. The predicted molar refractivity (Wildman–Crippen MR) is 148 cm³/mol. The third-order valence-electron chi connectivity index (χ3n) is 6.67. The Bertz CT molecular complexity index is 1430.